The average molecular weight is 148 g/mol. The van der Waals surface area contributed by atoms with Crippen molar-refractivity contribution >= 4 is 15.7 Å². The van der Waals surface area contributed by atoms with E-state index in [-0.39, 0.29) is 5.92 Å². The lowest BCUT2D eigenvalue weighted by molar-refractivity contribution is 0.624. The first-order chi connectivity index (χ1) is 4.16. The summed E-state index contributed by atoms with van der Waals surface area (Å²) < 4.78 is 20.1. The fourth-order valence-corrected chi connectivity index (χ4v) is 1.23. The third-order valence-electron chi connectivity index (χ3n) is 1.09. The predicted octanol–water partition coefficient (Wildman–Crippen LogP) is 1.10. The summed E-state index contributed by atoms with van der Waals surface area (Å²) in [5, 5.41) is 1.34. The van der Waals surface area contributed by atoms with Crippen molar-refractivity contribution in [2.24, 2.45) is 5.92 Å². The quantitative estimate of drug-likeness (QED) is 0.562. The largest absolute Gasteiger partial charge is 0.210 e. The van der Waals surface area contributed by atoms with Gasteiger partial charge in [0.15, 0.2) is 0 Å². The zero-order valence-electron chi connectivity index (χ0n) is 5.79. The van der Waals surface area contributed by atoms with Crippen LogP contribution in [0.25, 0.3) is 0 Å². The fraction of sp³-hybridized carbons (Fsp3) is 0.833. The van der Waals surface area contributed by atoms with Crippen LogP contribution in [0.1, 0.15) is 26.7 Å². The summed E-state index contributed by atoms with van der Waals surface area (Å²) in [7, 11) is -1.97. The predicted molar refractivity (Wildman–Crippen MR) is 39.1 cm³/mol. The van der Waals surface area contributed by atoms with E-state index in [2.05, 4.69) is 0 Å². The Balaban J connectivity index is 3.77. The van der Waals surface area contributed by atoms with Gasteiger partial charge in [0, 0.05) is 5.37 Å². The summed E-state index contributed by atoms with van der Waals surface area (Å²) in [4.78, 5) is 0. The van der Waals surface area contributed by atoms with E-state index in [0.717, 1.165) is 12.8 Å². The molecule has 0 aliphatic heterocycles. The van der Waals surface area contributed by atoms with Crippen LogP contribution >= 0.6 is 0 Å². The lowest BCUT2D eigenvalue weighted by Gasteiger charge is -1.96. The molecule has 1 atom stereocenters. The third-order valence-corrected chi connectivity index (χ3v) is 1.77. The molecule has 0 rings (SSSR count). The molecule has 54 valence electrons. The first kappa shape index (κ1) is 8.69. The number of hydrogen-bond acceptors (Lipinski definition) is 2. The zero-order valence-corrected chi connectivity index (χ0v) is 6.61. The van der Waals surface area contributed by atoms with E-state index in [4.69, 9.17) is 0 Å². The van der Waals surface area contributed by atoms with Crippen LogP contribution in [0.15, 0.2) is 0 Å². The van der Waals surface area contributed by atoms with Gasteiger partial charge in [-0.05, 0) is 12.3 Å². The van der Waals surface area contributed by atoms with Gasteiger partial charge in [-0.25, -0.2) is 0 Å². The van der Waals surface area contributed by atoms with E-state index in [1.54, 1.807) is 0 Å². The molecular formula is C6H12O2S. The van der Waals surface area contributed by atoms with Gasteiger partial charge in [-0.2, -0.15) is 8.42 Å². The Morgan fingerprint density at radius 2 is 2.11 bits per heavy atom. The lowest BCUT2D eigenvalue weighted by Crippen LogP contribution is -1.94. The van der Waals surface area contributed by atoms with Crippen molar-refractivity contribution in [3.8, 4) is 0 Å². The zero-order chi connectivity index (χ0) is 7.28. The molecule has 0 aliphatic carbocycles. The van der Waals surface area contributed by atoms with Crippen molar-refractivity contribution < 1.29 is 8.42 Å². The standard InChI is InChI=1S/C6H12O2S/c1-3-4-6(2)5-9(7)8/h5-6H,3-4H2,1-2H3. The smallest absolute Gasteiger partial charge is 0.185 e. The highest BCUT2D eigenvalue weighted by Gasteiger charge is 1.93. The van der Waals surface area contributed by atoms with Crippen LogP contribution in [0.4, 0.5) is 0 Å². The Kier molecular flexibility index (Phi) is 4.40. The molecule has 0 N–H and O–H groups in total. The number of hydrogen-bond donors (Lipinski definition) is 0. The Hall–Kier alpha value is -0.310. The normalized spacial score (nSPS) is 12.7. The monoisotopic (exact) mass is 148 g/mol. The molecule has 0 aliphatic rings. The molecule has 9 heavy (non-hydrogen) atoms. The maximum Gasteiger partial charge on any atom is 0.210 e. The lowest BCUT2D eigenvalue weighted by atomic mass is 10.1. The van der Waals surface area contributed by atoms with E-state index in [1.807, 2.05) is 13.8 Å². The van der Waals surface area contributed by atoms with Gasteiger partial charge in [0.05, 0.1) is 0 Å². The van der Waals surface area contributed by atoms with Crippen LogP contribution in [0, 0.1) is 5.92 Å². The third kappa shape index (κ3) is 5.56. The van der Waals surface area contributed by atoms with E-state index in [1.165, 1.54) is 5.37 Å². The Bertz CT molecular complexity index is 171. The van der Waals surface area contributed by atoms with Crippen molar-refractivity contribution in [2.75, 3.05) is 0 Å². The average Bonchev–Trinajstić information content (AvgIpc) is 1.63. The van der Waals surface area contributed by atoms with E-state index in [9.17, 15) is 8.42 Å². The SMILES string of the molecule is CCCC(C)C=S(=O)=O. The molecule has 0 saturated heterocycles. The van der Waals surface area contributed by atoms with Crippen LogP contribution in [0.3, 0.4) is 0 Å². The van der Waals surface area contributed by atoms with Gasteiger partial charge in [0.25, 0.3) is 0 Å². The van der Waals surface area contributed by atoms with Crippen LogP contribution in [-0.4, -0.2) is 13.8 Å². The molecule has 1 unspecified atom stereocenters. The molecule has 3 heteroatoms. The second kappa shape index (κ2) is 4.56. The minimum atomic E-state index is -1.97. The van der Waals surface area contributed by atoms with Gasteiger partial charge in [0.1, 0.15) is 0 Å². The highest BCUT2D eigenvalue weighted by molar-refractivity contribution is 7.71. The second-order valence-corrected chi connectivity index (χ2v) is 2.96. The second-order valence-electron chi connectivity index (χ2n) is 2.16. The summed E-state index contributed by atoms with van der Waals surface area (Å²) in [5.74, 6) is 0.202. The molecule has 0 aromatic rings. The summed E-state index contributed by atoms with van der Waals surface area (Å²) in [6.07, 6.45) is 1.99. The van der Waals surface area contributed by atoms with Crippen LogP contribution in [0.5, 0.6) is 0 Å². The summed E-state index contributed by atoms with van der Waals surface area (Å²) >= 11 is 0. The molecule has 0 aromatic carbocycles. The van der Waals surface area contributed by atoms with Gasteiger partial charge >= 0.3 is 0 Å². The summed E-state index contributed by atoms with van der Waals surface area (Å²) in [5.41, 5.74) is 0. The Morgan fingerprint density at radius 1 is 1.56 bits per heavy atom. The van der Waals surface area contributed by atoms with Gasteiger partial charge in [-0.15, -0.1) is 0 Å². The molecule has 0 spiro atoms. The van der Waals surface area contributed by atoms with E-state index in [0.29, 0.717) is 0 Å². The van der Waals surface area contributed by atoms with Crippen molar-refractivity contribution in [3.05, 3.63) is 0 Å². The first-order valence-corrected chi connectivity index (χ1v) is 4.23. The number of rotatable bonds is 3. The van der Waals surface area contributed by atoms with Gasteiger partial charge in [-0.1, -0.05) is 20.3 Å². The van der Waals surface area contributed by atoms with E-state index >= 15 is 0 Å². The van der Waals surface area contributed by atoms with Crippen LogP contribution < -0.4 is 0 Å². The minimum Gasteiger partial charge on any atom is -0.185 e. The molecule has 0 saturated carbocycles. The molecule has 0 fully saturated rings. The molecule has 2 nitrogen and oxygen atoms in total. The molecule has 0 heterocycles. The maximum absolute atomic E-state index is 10.0. The summed E-state index contributed by atoms with van der Waals surface area (Å²) in [6, 6.07) is 0. The van der Waals surface area contributed by atoms with Crippen molar-refractivity contribution in [1.82, 2.24) is 0 Å². The van der Waals surface area contributed by atoms with Gasteiger partial charge in [-0.3, -0.25) is 0 Å². The van der Waals surface area contributed by atoms with Crippen molar-refractivity contribution in [2.45, 2.75) is 26.7 Å². The first-order valence-electron chi connectivity index (χ1n) is 3.10. The van der Waals surface area contributed by atoms with Crippen molar-refractivity contribution in [1.29, 1.82) is 0 Å². The van der Waals surface area contributed by atoms with E-state index < -0.39 is 10.3 Å². The molecule has 0 radical (unpaired) electrons. The highest BCUT2D eigenvalue weighted by atomic mass is 32.2. The Labute approximate surface area is 57.4 Å². The van der Waals surface area contributed by atoms with Crippen molar-refractivity contribution in [3.63, 3.8) is 0 Å². The molecule has 0 bridgehead atoms. The Morgan fingerprint density at radius 3 is 2.44 bits per heavy atom. The maximum atomic E-state index is 10.0. The minimum absolute atomic E-state index is 0.202. The van der Waals surface area contributed by atoms with Gasteiger partial charge in [0.2, 0.25) is 10.3 Å². The molecule has 0 amide bonds. The van der Waals surface area contributed by atoms with Gasteiger partial charge < -0.3 is 0 Å². The molecular weight excluding hydrogens is 136 g/mol. The molecule has 0 aromatic heterocycles. The van der Waals surface area contributed by atoms with Crippen LogP contribution in [-0.2, 0) is 10.3 Å². The topological polar surface area (TPSA) is 34.1 Å². The highest BCUT2D eigenvalue weighted by Crippen LogP contribution is 1.99. The fourth-order valence-electron chi connectivity index (χ4n) is 0.713. The van der Waals surface area contributed by atoms with Crippen LogP contribution in [0.2, 0.25) is 0 Å². The summed E-state index contributed by atoms with van der Waals surface area (Å²) in [6.45, 7) is 3.94.